The first kappa shape index (κ1) is 57.9. The van der Waals surface area contributed by atoms with Crippen molar-refractivity contribution >= 4 is 17.9 Å². The third-order valence-electron chi connectivity index (χ3n) is 11.7. The van der Waals surface area contributed by atoms with Gasteiger partial charge in [0.05, 0.1) is 0 Å². The summed E-state index contributed by atoms with van der Waals surface area (Å²) in [6.45, 7) is 6.63. The van der Waals surface area contributed by atoms with E-state index < -0.39 is 6.10 Å². The molecule has 0 rings (SSSR count). The molecule has 0 aliphatic carbocycles. The summed E-state index contributed by atoms with van der Waals surface area (Å²) in [7, 11) is 0. The van der Waals surface area contributed by atoms with E-state index in [2.05, 4.69) is 45.1 Å². The second-order valence-electron chi connectivity index (χ2n) is 17.8. The number of ether oxygens (including phenoxy) is 3. The number of hydrogen-bond acceptors (Lipinski definition) is 6. The van der Waals surface area contributed by atoms with Gasteiger partial charge >= 0.3 is 17.9 Å². The molecule has 1 atom stereocenters. The number of rotatable bonds is 48. The maximum Gasteiger partial charge on any atom is 0.306 e. The lowest BCUT2D eigenvalue weighted by molar-refractivity contribution is -0.167. The monoisotopic (exact) mass is 845 g/mol. The topological polar surface area (TPSA) is 78.9 Å². The van der Waals surface area contributed by atoms with Gasteiger partial charge in [-0.1, -0.05) is 218 Å². The number of carbonyl (C=O) groups excluding carboxylic acids is 3. The summed E-state index contributed by atoms with van der Waals surface area (Å²) in [5.41, 5.74) is 0. The zero-order valence-electron chi connectivity index (χ0n) is 40.2. The molecule has 0 fully saturated rings. The van der Waals surface area contributed by atoms with Crippen molar-refractivity contribution in [2.75, 3.05) is 13.2 Å². The third kappa shape index (κ3) is 46.9. The largest absolute Gasteiger partial charge is 0.462 e. The Kier molecular flexibility index (Phi) is 47.8. The van der Waals surface area contributed by atoms with Crippen LogP contribution < -0.4 is 0 Å². The van der Waals surface area contributed by atoms with Gasteiger partial charge in [-0.3, -0.25) is 14.4 Å². The minimum atomic E-state index is -0.774. The highest BCUT2D eigenvalue weighted by Gasteiger charge is 2.19. The summed E-state index contributed by atoms with van der Waals surface area (Å²) >= 11 is 0. The molecule has 0 aliphatic rings. The number of hydrogen-bond donors (Lipinski definition) is 0. The van der Waals surface area contributed by atoms with Crippen molar-refractivity contribution in [1.29, 1.82) is 0 Å². The van der Waals surface area contributed by atoms with Gasteiger partial charge in [0, 0.05) is 19.3 Å². The fraction of sp³-hybridized carbons (Fsp3) is 0.870. The van der Waals surface area contributed by atoms with Crippen LogP contribution in [-0.4, -0.2) is 37.2 Å². The van der Waals surface area contributed by atoms with Crippen molar-refractivity contribution in [1.82, 2.24) is 0 Å². The van der Waals surface area contributed by atoms with Crippen molar-refractivity contribution in [2.24, 2.45) is 0 Å². The predicted octanol–water partition coefficient (Wildman–Crippen LogP) is 17.2. The normalized spacial score (nSPS) is 12.1. The molecule has 0 radical (unpaired) electrons. The number of esters is 3. The summed E-state index contributed by atoms with van der Waals surface area (Å²) < 4.78 is 16.8. The number of carbonyl (C=O) groups is 3. The standard InChI is InChI=1S/C54H100O6/c1-4-7-10-13-16-19-22-25-27-30-32-35-38-41-44-47-53(56)59-50-51(49-58-52(55)46-43-40-37-34-31-28-24-21-18-15-12-9-6-3)60-54(57)48-45-42-39-36-33-29-26-23-20-17-14-11-8-5-2/h21,23-24,26,51H,4-20,22,25,27-50H2,1-3H3/b24-21-,26-23-. The van der Waals surface area contributed by atoms with Crippen LogP contribution in [0, 0.1) is 0 Å². The summed E-state index contributed by atoms with van der Waals surface area (Å²) in [6.07, 6.45) is 55.8. The van der Waals surface area contributed by atoms with E-state index in [4.69, 9.17) is 14.2 Å². The van der Waals surface area contributed by atoms with Crippen LogP contribution in [-0.2, 0) is 28.6 Å². The number of allylic oxidation sites excluding steroid dienone is 4. The highest BCUT2D eigenvalue weighted by Crippen LogP contribution is 2.16. The molecule has 0 bridgehead atoms. The van der Waals surface area contributed by atoms with Crippen molar-refractivity contribution in [3.63, 3.8) is 0 Å². The maximum absolute atomic E-state index is 12.8. The molecule has 0 aromatic rings. The molecule has 6 nitrogen and oxygen atoms in total. The molecule has 6 heteroatoms. The molecule has 0 aromatic carbocycles. The van der Waals surface area contributed by atoms with Gasteiger partial charge in [-0.25, -0.2) is 0 Å². The molecule has 0 saturated carbocycles. The Morgan fingerprint density at radius 1 is 0.317 bits per heavy atom. The molecule has 0 aromatic heterocycles. The van der Waals surface area contributed by atoms with Gasteiger partial charge in [0.15, 0.2) is 6.10 Å². The van der Waals surface area contributed by atoms with Gasteiger partial charge in [0.2, 0.25) is 0 Å². The van der Waals surface area contributed by atoms with Crippen molar-refractivity contribution < 1.29 is 28.6 Å². The van der Waals surface area contributed by atoms with Crippen LogP contribution in [0.4, 0.5) is 0 Å². The van der Waals surface area contributed by atoms with Crippen LogP contribution in [0.25, 0.3) is 0 Å². The van der Waals surface area contributed by atoms with Crippen LogP contribution in [0.3, 0.4) is 0 Å². The second kappa shape index (κ2) is 49.5. The molecule has 0 heterocycles. The Bertz CT molecular complexity index is 973. The van der Waals surface area contributed by atoms with E-state index in [9.17, 15) is 14.4 Å². The first-order valence-electron chi connectivity index (χ1n) is 26.3. The number of unbranched alkanes of at least 4 members (excludes halogenated alkanes) is 33. The average molecular weight is 845 g/mol. The molecular formula is C54H100O6. The Labute approximate surface area is 373 Å². The SMILES string of the molecule is CCCCCC/C=C\CCCCCCCC(=O)OCC(COC(=O)CCCCCCCCCCCCCCCCC)OC(=O)CCCCCCC/C=C\CCCCCCC. The Morgan fingerprint density at radius 3 is 0.850 bits per heavy atom. The second-order valence-corrected chi connectivity index (χ2v) is 17.8. The Balaban J connectivity index is 4.36. The summed E-state index contributed by atoms with van der Waals surface area (Å²) in [4.78, 5) is 38.0. The lowest BCUT2D eigenvalue weighted by Crippen LogP contribution is -2.30. The van der Waals surface area contributed by atoms with Gasteiger partial charge in [-0.2, -0.15) is 0 Å². The van der Waals surface area contributed by atoms with Gasteiger partial charge in [-0.05, 0) is 70.6 Å². The van der Waals surface area contributed by atoms with E-state index >= 15 is 0 Å². The molecule has 0 aliphatic heterocycles. The molecular weight excluding hydrogens is 745 g/mol. The Morgan fingerprint density at radius 2 is 0.550 bits per heavy atom. The first-order valence-corrected chi connectivity index (χ1v) is 26.3. The van der Waals surface area contributed by atoms with Gasteiger partial charge in [-0.15, -0.1) is 0 Å². The van der Waals surface area contributed by atoms with Crippen LogP contribution in [0.2, 0.25) is 0 Å². The van der Waals surface area contributed by atoms with E-state index in [1.807, 2.05) is 0 Å². The van der Waals surface area contributed by atoms with Crippen LogP contribution in [0.5, 0.6) is 0 Å². The summed E-state index contributed by atoms with van der Waals surface area (Å²) in [5, 5.41) is 0. The Hall–Kier alpha value is -2.11. The minimum absolute atomic E-state index is 0.0734. The van der Waals surface area contributed by atoms with E-state index in [-0.39, 0.29) is 31.1 Å². The van der Waals surface area contributed by atoms with E-state index in [0.717, 1.165) is 70.6 Å². The van der Waals surface area contributed by atoms with E-state index in [1.54, 1.807) is 0 Å². The summed E-state index contributed by atoms with van der Waals surface area (Å²) in [6, 6.07) is 0. The van der Waals surface area contributed by atoms with Gasteiger partial charge in [0.25, 0.3) is 0 Å². The lowest BCUT2D eigenvalue weighted by Gasteiger charge is -2.18. The van der Waals surface area contributed by atoms with Crippen LogP contribution in [0.15, 0.2) is 24.3 Å². The quantitative estimate of drug-likeness (QED) is 0.0263. The molecule has 0 spiro atoms. The van der Waals surface area contributed by atoms with Crippen molar-refractivity contribution in [3.05, 3.63) is 24.3 Å². The van der Waals surface area contributed by atoms with Gasteiger partial charge in [0.1, 0.15) is 13.2 Å². The van der Waals surface area contributed by atoms with Crippen molar-refractivity contribution in [3.8, 4) is 0 Å². The van der Waals surface area contributed by atoms with Crippen molar-refractivity contribution in [2.45, 2.75) is 290 Å². The highest BCUT2D eigenvalue weighted by molar-refractivity contribution is 5.71. The third-order valence-corrected chi connectivity index (χ3v) is 11.7. The molecule has 352 valence electrons. The zero-order valence-corrected chi connectivity index (χ0v) is 40.2. The minimum Gasteiger partial charge on any atom is -0.462 e. The summed E-state index contributed by atoms with van der Waals surface area (Å²) in [5.74, 6) is -0.878. The smallest absolute Gasteiger partial charge is 0.306 e. The lowest BCUT2D eigenvalue weighted by atomic mass is 10.0. The van der Waals surface area contributed by atoms with Crippen LogP contribution in [0.1, 0.15) is 284 Å². The molecule has 1 unspecified atom stereocenters. The fourth-order valence-electron chi connectivity index (χ4n) is 7.67. The first-order chi connectivity index (χ1) is 29.5. The van der Waals surface area contributed by atoms with Crippen LogP contribution >= 0.6 is 0 Å². The van der Waals surface area contributed by atoms with E-state index in [0.29, 0.717) is 19.3 Å². The maximum atomic E-state index is 12.8. The average Bonchev–Trinajstić information content (AvgIpc) is 3.24. The van der Waals surface area contributed by atoms with E-state index in [1.165, 1.54) is 173 Å². The van der Waals surface area contributed by atoms with Gasteiger partial charge < -0.3 is 14.2 Å². The molecule has 60 heavy (non-hydrogen) atoms. The highest BCUT2D eigenvalue weighted by atomic mass is 16.6. The molecule has 0 amide bonds. The predicted molar refractivity (Wildman–Crippen MR) is 256 cm³/mol. The fourth-order valence-corrected chi connectivity index (χ4v) is 7.67. The molecule has 0 N–H and O–H groups in total. The zero-order chi connectivity index (χ0) is 43.7. The molecule has 0 saturated heterocycles.